The summed E-state index contributed by atoms with van der Waals surface area (Å²) in [5, 5.41) is 8.37. The van der Waals surface area contributed by atoms with Gasteiger partial charge in [0.05, 0.1) is 23.0 Å². The Morgan fingerprint density at radius 2 is 2.27 bits per heavy atom. The topological polar surface area (TPSA) is 55.9 Å². The zero-order valence-corrected chi connectivity index (χ0v) is 9.30. The van der Waals surface area contributed by atoms with Gasteiger partial charge in [-0.25, -0.2) is 0 Å². The van der Waals surface area contributed by atoms with Gasteiger partial charge in [-0.05, 0) is 25.9 Å². The molecule has 5 heteroatoms. The molecule has 82 valence electrons. The third-order valence-corrected chi connectivity index (χ3v) is 4.14. The van der Waals surface area contributed by atoms with Crippen LogP contribution in [0.15, 0.2) is 6.20 Å². The van der Waals surface area contributed by atoms with Gasteiger partial charge in [0.2, 0.25) is 0 Å². The van der Waals surface area contributed by atoms with Crippen LogP contribution in [-0.2, 0) is 6.54 Å². The smallest absolute Gasteiger partial charge is 0.0834 e. The van der Waals surface area contributed by atoms with Crippen LogP contribution in [0.1, 0.15) is 24.6 Å². The molecule has 4 nitrogen and oxygen atoms in total. The minimum atomic E-state index is 0.0506. The van der Waals surface area contributed by atoms with Crippen molar-refractivity contribution in [2.24, 2.45) is 11.1 Å². The van der Waals surface area contributed by atoms with Crippen LogP contribution in [0.3, 0.4) is 0 Å². The van der Waals surface area contributed by atoms with Gasteiger partial charge in [0.1, 0.15) is 0 Å². The first-order chi connectivity index (χ1) is 7.23. The van der Waals surface area contributed by atoms with E-state index in [-0.39, 0.29) is 11.5 Å². The Balaban J connectivity index is 1.98. The fourth-order valence-corrected chi connectivity index (χ4v) is 3.15. The number of piperidine rings is 1. The van der Waals surface area contributed by atoms with E-state index in [4.69, 9.17) is 17.3 Å². The van der Waals surface area contributed by atoms with Crippen LogP contribution < -0.4 is 11.1 Å². The second-order valence-corrected chi connectivity index (χ2v) is 5.03. The molecule has 3 N–H and O–H groups in total. The number of halogens is 1. The molecular formula is C10H15ClN4. The average molecular weight is 227 g/mol. The van der Waals surface area contributed by atoms with Crippen molar-refractivity contribution in [2.75, 3.05) is 13.1 Å². The van der Waals surface area contributed by atoms with E-state index < -0.39 is 0 Å². The molecule has 0 aliphatic carbocycles. The number of rotatable bonds is 0. The maximum absolute atomic E-state index is 6.33. The highest BCUT2D eigenvalue weighted by Gasteiger charge is 2.46. The van der Waals surface area contributed by atoms with Gasteiger partial charge in [-0.15, -0.1) is 0 Å². The van der Waals surface area contributed by atoms with Crippen molar-refractivity contribution in [3.63, 3.8) is 0 Å². The summed E-state index contributed by atoms with van der Waals surface area (Å²) in [6.45, 7) is 3.03. The van der Waals surface area contributed by atoms with Crippen molar-refractivity contribution in [1.29, 1.82) is 0 Å². The molecule has 1 aromatic rings. The van der Waals surface area contributed by atoms with Gasteiger partial charge >= 0.3 is 0 Å². The van der Waals surface area contributed by atoms with Gasteiger partial charge in [-0.3, -0.25) is 4.68 Å². The molecule has 0 unspecified atom stereocenters. The average Bonchev–Trinajstić information content (AvgIpc) is 2.71. The highest BCUT2D eigenvalue weighted by molar-refractivity contribution is 6.31. The zero-order valence-electron chi connectivity index (χ0n) is 8.54. The lowest BCUT2D eigenvalue weighted by Gasteiger charge is -2.36. The molecule has 1 saturated heterocycles. The third kappa shape index (κ3) is 1.25. The minimum absolute atomic E-state index is 0.0506. The van der Waals surface area contributed by atoms with Crippen LogP contribution in [0.4, 0.5) is 0 Å². The summed E-state index contributed by atoms with van der Waals surface area (Å²) in [6, 6.07) is 0.0506. The van der Waals surface area contributed by atoms with Crippen molar-refractivity contribution >= 4 is 11.6 Å². The largest absolute Gasteiger partial charge is 0.322 e. The molecule has 3 rings (SSSR count). The van der Waals surface area contributed by atoms with E-state index in [0.717, 1.165) is 43.2 Å². The molecule has 2 aliphatic heterocycles. The molecule has 0 radical (unpaired) electrons. The number of aromatic nitrogens is 2. The van der Waals surface area contributed by atoms with Crippen molar-refractivity contribution < 1.29 is 0 Å². The van der Waals surface area contributed by atoms with E-state index in [1.165, 1.54) is 0 Å². The second kappa shape index (κ2) is 3.20. The Kier molecular flexibility index (Phi) is 2.06. The number of nitrogens with zero attached hydrogens (tertiary/aromatic N) is 2. The fourth-order valence-electron chi connectivity index (χ4n) is 2.89. The van der Waals surface area contributed by atoms with E-state index >= 15 is 0 Å². The molecule has 1 aromatic heterocycles. The first kappa shape index (κ1) is 9.63. The lowest BCUT2D eigenvalue weighted by molar-refractivity contribution is 0.158. The summed E-state index contributed by atoms with van der Waals surface area (Å²) < 4.78 is 1.98. The number of nitrogens with one attached hydrogen (secondary N) is 1. The lowest BCUT2D eigenvalue weighted by Crippen LogP contribution is -2.42. The van der Waals surface area contributed by atoms with Crippen LogP contribution in [0.25, 0.3) is 0 Å². The van der Waals surface area contributed by atoms with E-state index in [1.807, 2.05) is 4.68 Å². The molecule has 2 aliphatic rings. The summed E-state index contributed by atoms with van der Waals surface area (Å²) in [4.78, 5) is 0. The van der Waals surface area contributed by atoms with Crippen molar-refractivity contribution in [2.45, 2.75) is 25.4 Å². The molecule has 0 amide bonds. The quantitative estimate of drug-likeness (QED) is 0.692. The zero-order chi connectivity index (χ0) is 10.5. The fraction of sp³-hybridized carbons (Fsp3) is 0.700. The summed E-state index contributed by atoms with van der Waals surface area (Å²) in [5.41, 5.74) is 7.55. The van der Waals surface area contributed by atoms with Crippen LogP contribution in [0, 0.1) is 5.41 Å². The Labute approximate surface area is 93.8 Å². The van der Waals surface area contributed by atoms with Crippen molar-refractivity contribution in [1.82, 2.24) is 15.1 Å². The van der Waals surface area contributed by atoms with Gasteiger partial charge in [0.25, 0.3) is 0 Å². The van der Waals surface area contributed by atoms with Crippen LogP contribution >= 0.6 is 11.6 Å². The van der Waals surface area contributed by atoms with E-state index in [9.17, 15) is 0 Å². The Morgan fingerprint density at radius 1 is 1.53 bits per heavy atom. The summed E-state index contributed by atoms with van der Waals surface area (Å²) >= 11 is 6.10. The maximum Gasteiger partial charge on any atom is 0.0834 e. The summed E-state index contributed by atoms with van der Waals surface area (Å²) in [6.07, 6.45) is 3.94. The van der Waals surface area contributed by atoms with Gasteiger partial charge in [0, 0.05) is 12.0 Å². The summed E-state index contributed by atoms with van der Waals surface area (Å²) in [5.74, 6) is 0. The molecule has 0 saturated carbocycles. The van der Waals surface area contributed by atoms with E-state index in [0.29, 0.717) is 0 Å². The number of hydrogen-bond acceptors (Lipinski definition) is 3. The maximum atomic E-state index is 6.33. The van der Waals surface area contributed by atoms with Crippen LogP contribution in [0.2, 0.25) is 5.02 Å². The predicted molar refractivity (Wildman–Crippen MR) is 58.7 cm³/mol. The highest BCUT2D eigenvalue weighted by atomic mass is 35.5. The monoisotopic (exact) mass is 226 g/mol. The standard InChI is InChI=1S/C10H15ClN4/c11-7-5-14-15-6-10(9(12)8(7)15)1-3-13-4-2-10/h5,9,13H,1-4,6,12H2/t9-/m1/s1. The van der Waals surface area contributed by atoms with Gasteiger partial charge in [0.15, 0.2) is 0 Å². The second-order valence-electron chi connectivity index (χ2n) is 4.63. The minimum Gasteiger partial charge on any atom is -0.322 e. The molecule has 0 bridgehead atoms. The first-order valence-corrected chi connectivity index (χ1v) is 5.78. The first-order valence-electron chi connectivity index (χ1n) is 5.40. The molecular weight excluding hydrogens is 212 g/mol. The van der Waals surface area contributed by atoms with Crippen LogP contribution in [0.5, 0.6) is 0 Å². The molecule has 3 heterocycles. The van der Waals surface area contributed by atoms with Crippen molar-refractivity contribution in [3.8, 4) is 0 Å². The predicted octanol–water partition coefficient (Wildman–Crippen LogP) is 0.920. The highest BCUT2D eigenvalue weighted by Crippen LogP contribution is 2.48. The Bertz CT molecular complexity index is 381. The third-order valence-electron chi connectivity index (χ3n) is 3.85. The normalized spacial score (nSPS) is 28.3. The molecule has 0 aromatic carbocycles. The molecule has 1 atom stereocenters. The van der Waals surface area contributed by atoms with Gasteiger partial charge < -0.3 is 11.1 Å². The molecule has 15 heavy (non-hydrogen) atoms. The van der Waals surface area contributed by atoms with Crippen LogP contribution in [-0.4, -0.2) is 22.9 Å². The molecule has 1 fully saturated rings. The summed E-state index contributed by atoms with van der Waals surface area (Å²) in [7, 11) is 0. The van der Waals surface area contributed by atoms with Gasteiger partial charge in [-0.1, -0.05) is 11.6 Å². The van der Waals surface area contributed by atoms with E-state index in [2.05, 4.69) is 10.4 Å². The number of fused-ring (bicyclic) bond motifs is 1. The van der Waals surface area contributed by atoms with Crippen molar-refractivity contribution in [3.05, 3.63) is 16.9 Å². The molecule has 1 spiro atoms. The Morgan fingerprint density at radius 3 is 2.93 bits per heavy atom. The van der Waals surface area contributed by atoms with Gasteiger partial charge in [-0.2, -0.15) is 5.10 Å². The Hall–Kier alpha value is -0.580. The number of hydrogen-bond donors (Lipinski definition) is 2. The van der Waals surface area contributed by atoms with E-state index in [1.54, 1.807) is 6.20 Å². The SMILES string of the molecule is N[C@@H]1c2c(Cl)cnn2CC12CCNCC2. The lowest BCUT2D eigenvalue weighted by atomic mass is 9.74. The number of nitrogens with two attached hydrogens (primary N) is 1.